The van der Waals surface area contributed by atoms with Crippen LogP contribution in [0.3, 0.4) is 0 Å². The largest absolute Gasteiger partial charge is 0.468 e. The van der Waals surface area contributed by atoms with E-state index in [0.29, 0.717) is 6.54 Å². The molecule has 7 heteroatoms. The molecule has 0 aliphatic carbocycles. The van der Waals surface area contributed by atoms with Crippen LogP contribution in [0.25, 0.3) is 0 Å². The Morgan fingerprint density at radius 1 is 1.28 bits per heavy atom. The van der Waals surface area contributed by atoms with Gasteiger partial charge in [-0.3, -0.25) is 4.79 Å². The van der Waals surface area contributed by atoms with Crippen LogP contribution in [0, 0.1) is 0 Å². The fourth-order valence-electron chi connectivity index (χ4n) is 1.25. The highest BCUT2D eigenvalue weighted by Crippen LogP contribution is 2.04. The molecule has 1 rings (SSSR count). The molecule has 0 spiro atoms. The van der Waals surface area contributed by atoms with Crippen molar-refractivity contribution >= 4 is 16.0 Å². The van der Waals surface area contributed by atoms with Crippen LogP contribution in [0.5, 0.6) is 0 Å². The van der Waals surface area contributed by atoms with Gasteiger partial charge in [0.25, 0.3) is 0 Å². The molecule has 0 saturated heterocycles. The molecule has 0 saturated carbocycles. The van der Waals surface area contributed by atoms with Gasteiger partial charge in [-0.15, -0.1) is 0 Å². The molecular weight excluding hydrogens is 256 g/mol. The fourth-order valence-corrected chi connectivity index (χ4v) is 2.17. The topological polar surface area (TPSA) is 98.5 Å². The third-order valence-corrected chi connectivity index (χ3v) is 3.49. The van der Waals surface area contributed by atoms with E-state index in [2.05, 4.69) is 9.46 Å². The maximum Gasteiger partial charge on any atom is 0.322 e. The van der Waals surface area contributed by atoms with E-state index in [1.54, 1.807) is 12.1 Å². The molecule has 0 aromatic heterocycles. The van der Waals surface area contributed by atoms with Crippen molar-refractivity contribution in [3.05, 3.63) is 35.4 Å². The maximum atomic E-state index is 11.5. The molecule has 0 amide bonds. The normalized spacial score (nSPS) is 11.2. The van der Waals surface area contributed by atoms with E-state index < -0.39 is 21.7 Å². The van der Waals surface area contributed by atoms with Gasteiger partial charge < -0.3 is 10.5 Å². The van der Waals surface area contributed by atoms with Gasteiger partial charge in [-0.2, -0.15) is 0 Å². The number of nitrogens with two attached hydrogens (primary N) is 1. The highest BCUT2D eigenvalue weighted by Gasteiger charge is 2.16. The first-order valence-electron chi connectivity index (χ1n) is 5.29. The second kappa shape index (κ2) is 6.48. The van der Waals surface area contributed by atoms with E-state index in [4.69, 9.17) is 5.73 Å². The molecule has 0 fully saturated rings. The van der Waals surface area contributed by atoms with Crippen molar-refractivity contribution in [3.8, 4) is 0 Å². The molecule has 1 aromatic carbocycles. The van der Waals surface area contributed by atoms with Crippen molar-refractivity contribution in [2.75, 3.05) is 12.9 Å². The highest BCUT2D eigenvalue weighted by atomic mass is 32.2. The molecule has 18 heavy (non-hydrogen) atoms. The van der Waals surface area contributed by atoms with Crippen LogP contribution in [0.1, 0.15) is 11.1 Å². The summed E-state index contributed by atoms with van der Waals surface area (Å²) < 4.78 is 29.5. The minimum atomic E-state index is -3.66. The first-order chi connectivity index (χ1) is 8.46. The van der Waals surface area contributed by atoms with Crippen LogP contribution < -0.4 is 10.5 Å². The number of rotatable bonds is 6. The van der Waals surface area contributed by atoms with Gasteiger partial charge in [-0.1, -0.05) is 24.3 Å². The van der Waals surface area contributed by atoms with E-state index in [-0.39, 0.29) is 6.54 Å². The zero-order valence-electron chi connectivity index (χ0n) is 10.0. The molecule has 0 atom stereocenters. The second-order valence-corrected chi connectivity index (χ2v) is 5.48. The Kier molecular flexibility index (Phi) is 5.26. The number of esters is 1. The Bertz CT molecular complexity index is 496. The lowest BCUT2D eigenvalue weighted by molar-refractivity contribution is -0.137. The molecular formula is C11H16N2O4S. The van der Waals surface area contributed by atoms with Gasteiger partial charge in [0.15, 0.2) is 5.75 Å². The van der Waals surface area contributed by atoms with E-state index >= 15 is 0 Å². The van der Waals surface area contributed by atoms with Crippen LogP contribution in [0.4, 0.5) is 0 Å². The lowest BCUT2D eigenvalue weighted by Crippen LogP contribution is -2.30. The molecule has 0 bridgehead atoms. The van der Waals surface area contributed by atoms with Crippen molar-refractivity contribution in [3.63, 3.8) is 0 Å². The van der Waals surface area contributed by atoms with Crippen molar-refractivity contribution < 1.29 is 17.9 Å². The number of carbonyl (C=O) groups is 1. The number of hydrogen-bond acceptors (Lipinski definition) is 5. The zero-order chi connectivity index (χ0) is 13.6. The number of methoxy groups -OCH3 is 1. The number of carbonyl (C=O) groups excluding carboxylic acids is 1. The van der Waals surface area contributed by atoms with Crippen LogP contribution in [-0.2, 0) is 32.6 Å². The van der Waals surface area contributed by atoms with Crippen LogP contribution in [-0.4, -0.2) is 27.2 Å². The van der Waals surface area contributed by atoms with Crippen LogP contribution in [0.2, 0.25) is 0 Å². The van der Waals surface area contributed by atoms with Crippen molar-refractivity contribution in [2.24, 2.45) is 5.73 Å². The number of ether oxygens (including phenoxy) is 1. The predicted molar refractivity (Wildman–Crippen MR) is 67.0 cm³/mol. The average Bonchev–Trinajstić information content (AvgIpc) is 2.36. The highest BCUT2D eigenvalue weighted by molar-refractivity contribution is 7.90. The van der Waals surface area contributed by atoms with Gasteiger partial charge in [0.2, 0.25) is 10.0 Å². The van der Waals surface area contributed by atoms with E-state index in [1.807, 2.05) is 12.1 Å². The first-order valence-corrected chi connectivity index (χ1v) is 6.94. The summed E-state index contributed by atoms with van der Waals surface area (Å²) in [5.74, 6) is -1.47. The van der Waals surface area contributed by atoms with Gasteiger partial charge in [0.1, 0.15) is 0 Å². The Morgan fingerprint density at radius 2 is 1.83 bits per heavy atom. The summed E-state index contributed by atoms with van der Waals surface area (Å²) in [5, 5.41) is 0. The molecule has 0 aliphatic heterocycles. The molecule has 6 nitrogen and oxygen atoms in total. The minimum absolute atomic E-state index is 0.129. The Morgan fingerprint density at radius 3 is 2.33 bits per heavy atom. The average molecular weight is 272 g/mol. The van der Waals surface area contributed by atoms with Crippen molar-refractivity contribution in [1.29, 1.82) is 0 Å². The monoisotopic (exact) mass is 272 g/mol. The van der Waals surface area contributed by atoms with Crippen molar-refractivity contribution in [1.82, 2.24) is 4.72 Å². The summed E-state index contributed by atoms with van der Waals surface area (Å²) in [6.45, 7) is 0.568. The third kappa shape index (κ3) is 4.82. The number of hydrogen-bond donors (Lipinski definition) is 2. The second-order valence-electron chi connectivity index (χ2n) is 3.68. The number of benzene rings is 1. The molecule has 0 aliphatic rings. The van der Waals surface area contributed by atoms with E-state index in [1.165, 1.54) is 0 Å². The Balaban J connectivity index is 2.56. The predicted octanol–water partition coefficient (Wildman–Crippen LogP) is -0.262. The summed E-state index contributed by atoms with van der Waals surface area (Å²) in [7, 11) is -2.51. The van der Waals surface area contributed by atoms with Gasteiger partial charge in [-0.05, 0) is 11.1 Å². The van der Waals surface area contributed by atoms with Crippen LogP contribution in [0.15, 0.2) is 24.3 Å². The number of sulfonamides is 1. The molecule has 0 unspecified atom stereocenters. The Hall–Kier alpha value is -1.44. The van der Waals surface area contributed by atoms with E-state index in [9.17, 15) is 13.2 Å². The molecule has 0 heterocycles. The van der Waals surface area contributed by atoms with Gasteiger partial charge >= 0.3 is 5.97 Å². The number of nitrogens with one attached hydrogen (secondary N) is 1. The SMILES string of the molecule is COC(=O)CS(=O)(=O)NCc1ccc(CN)cc1. The fraction of sp³-hybridized carbons (Fsp3) is 0.364. The standard InChI is InChI=1S/C11H16N2O4S/c1-17-11(14)8-18(15,16)13-7-10-4-2-9(6-12)3-5-10/h2-5,13H,6-8,12H2,1H3. The smallest absolute Gasteiger partial charge is 0.322 e. The van der Waals surface area contributed by atoms with Gasteiger partial charge in [-0.25, -0.2) is 13.1 Å². The summed E-state index contributed by atoms with van der Waals surface area (Å²) in [5.41, 5.74) is 7.21. The van der Waals surface area contributed by atoms with E-state index in [0.717, 1.165) is 18.2 Å². The lowest BCUT2D eigenvalue weighted by atomic mass is 10.1. The molecule has 3 N–H and O–H groups in total. The summed E-state index contributed by atoms with van der Waals surface area (Å²) >= 11 is 0. The summed E-state index contributed by atoms with van der Waals surface area (Å²) in [6, 6.07) is 7.21. The van der Waals surface area contributed by atoms with Crippen molar-refractivity contribution in [2.45, 2.75) is 13.1 Å². The third-order valence-electron chi connectivity index (χ3n) is 2.29. The summed E-state index contributed by atoms with van der Waals surface area (Å²) in [4.78, 5) is 10.9. The lowest BCUT2D eigenvalue weighted by Gasteiger charge is -2.06. The molecule has 1 aromatic rings. The summed E-state index contributed by atoms with van der Waals surface area (Å²) in [6.07, 6.45) is 0. The van der Waals surface area contributed by atoms with Crippen LogP contribution >= 0.6 is 0 Å². The molecule has 0 radical (unpaired) electrons. The molecule has 100 valence electrons. The minimum Gasteiger partial charge on any atom is -0.468 e. The Labute approximate surface area is 106 Å². The maximum absolute atomic E-state index is 11.5. The first kappa shape index (κ1) is 14.6. The quantitative estimate of drug-likeness (QED) is 0.695. The van der Waals surface area contributed by atoms with Gasteiger partial charge in [0, 0.05) is 13.1 Å². The van der Waals surface area contributed by atoms with Gasteiger partial charge in [0.05, 0.1) is 7.11 Å². The zero-order valence-corrected chi connectivity index (χ0v) is 10.9.